The van der Waals surface area contributed by atoms with E-state index in [1.807, 2.05) is 0 Å². The summed E-state index contributed by atoms with van der Waals surface area (Å²) in [5.41, 5.74) is 9.77. The number of rotatable bonds is 9. The highest BCUT2D eigenvalue weighted by atomic mass is 16.5. The smallest absolute Gasteiger partial charge is 0.127 e. The van der Waals surface area contributed by atoms with Crippen LogP contribution in [0.2, 0.25) is 0 Å². The van der Waals surface area contributed by atoms with Gasteiger partial charge in [-0.05, 0) is 112 Å². The van der Waals surface area contributed by atoms with E-state index in [2.05, 4.69) is 129 Å². The fourth-order valence-electron chi connectivity index (χ4n) is 7.30. The number of aryl methyl sites for hydroxylation is 2. The topological polar surface area (TPSA) is 18.5 Å². The van der Waals surface area contributed by atoms with E-state index in [4.69, 9.17) is 9.47 Å². The Labute approximate surface area is 292 Å². The Morgan fingerprint density at radius 2 is 1.35 bits per heavy atom. The van der Waals surface area contributed by atoms with Crippen molar-refractivity contribution in [3.63, 3.8) is 0 Å². The Kier molecular flexibility index (Phi) is 10.6. The van der Waals surface area contributed by atoms with Gasteiger partial charge in [0.15, 0.2) is 0 Å². The van der Waals surface area contributed by atoms with Gasteiger partial charge in [0.05, 0.1) is 19.3 Å². The number of ether oxygens (including phenoxy) is 2. The molecule has 7 rings (SSSR count). The summed E-state index contributed by atoms with van der Waals surface area (Å²) in [6, 6.07) is 35.8. The van der Waals surface area contributed by atoms with Crippen molar-refractivity contribution in [3.05, 3.63) is 135 Å². The monoisotopic (exact) mass is 644 g/mol. The van der Waals surface area contributed by atoms with E-state index >= 15 is 0 Å². The van der Waals surface area contributed by atoms with Crippen LogP contribution in [0.1, 0.15) is 93.0 Å². The van der Waals surface area contributed by atoms with Crippen LogP contribution in [0, 0.1) is 11.8 Å². The van der Waals surface area contributed by atoms with Gasteiger partial charge < -0.3 is 9.47 Å². The van der Waals surface area contributed by atoms with Gasteiger partial charge >= 0.3 is 0 Å². The van der Waals surface area contributed by atoms with Crippen LogP contribution in [0.3, 0.4) is 0 Å². The van der Waals surface area contributed by atoms with E-state index < -0.39 is 0 Å². The molecule has 1 atom stereocenters. The minimum absolute atomic E-state index is 0.0220. The molecule has 1 aliphatic carbocycles. The molecular formula is C47H48O2. The summed E-state index contributed by atoms with van der Waals surface area (Å²) in [6.07, 6.45) is 13.9. The first-order chi connectivity index (χ1) is 24.2. The maximum atomic E-state index is 6.57. The van der Waals surface area contributed by atoms with Crippen LogP contribution in [-0.4, -0.2) is 19.3 Å². The Morgan fingerprint density at radius 3 is 2.10 bits per heavy atom. The number of hydrogen-bond acceptors (Lipinski definition) is 2. The zero-order chi connectivity index (χ0) is 33.4. The first-order valence-corrected chi connectivity index (χ1v) is 18.6. The van der Waals surface area contributed by atoms with Crippen LogP contribution in [0.25, 0.3) is 33.5 Å². The average Bonchev–Trinajstić information content (AvgIpc) is 3.23. The van der Waals surface area contributed by atoms with Gasteiger partial charge in [0.1, 0.15) is 5.75 Å². The second-order valence-corrected chi connectivity index (χ2v) is 13.6. The van der Waals surface area contributed by atoms with Gasteiger partial charge in [-0.3, -0.25) is 0 Å². The molecule has 5 aromatic carbocycles. The molecule has 0 N–H and O–H groups in total. The van der Waals surface area contributed by atoms with Crippen molar-refractivity contribution in [1.29, 1.82) is 0 Å². The molecule has 2 heteroatoms. The fourth-order valence-corrected chi connectivity index (χ4v) is 7.30. The summed E-state index contributed by atoms with van der Waals surface area (Å²) in [6.45, 7) is 5.84. The predicted molar refractivity (Wildman–Crippen MR) is 205 cm³/mol. The molecule has 49 heavy (non-hydrogen) atoms. The second-order valence-electron chi connectivity index (χ2n) is 13.6. The fraction of sp³-hybridized carbons (Fsp3) is 0.319. The van der Waals surface area contributed by atoms with Crippen molar-refractivity contribution in [1.82, 2.24) is 0 Å². The first kappa shape index (κ1) is 32.9. The molecule has 0 fully saturated rings. The zero-order valence-electron chi connectivity index (χ0n) is 29.2. The summed E-state index contributed by atoms with van der Waals surface area (Å²) >= 11 is 0. The molecule has 0 unspecified atom stereocenters. The zero-order valence-corrected chi connectivity index (χ0v) is 29.2. The highest BCUT2D eigenvalue weighted by Crippen LogP contribution is 2.38. The van der Waals surface area contributed by atoms with Gasteiger partial charge in [0.2, 0.25) is 0 Å². The van der Waals surface area contributed by atoms with E-state index in [-0.39, 0.29) is 6.10 Å². The normalized spacial score (nSPS) is 15.3. The quantitative estimate of drug-likeness (QED) is 0.117. The van der Waals surface area contributed by atoms with Crippen LogP contribution in [0.4, 0.5) is 0 Å². The van der Waals surface area contributed by atoms with Crippen molar-refractivity contribution in [3.8, 4) is 28.7 Å². The lowest BCUT2D eigenvalue weighted by atomic mass is 9.86. The van der Waals surface area contributed by atoms with Gasteiger partial charge in [-0.25, -0.2) is 0 Å². The van der Waals surface area contributed by atoms with Crippen LogP contribution < -0.4 is 15.2 Å². The minimum Gasteiger partial charge on any atom is -0.493 e. The van der Waals surface area contributed by atoms with Crippen LogP contribution in [-0.2, 0) is 17.6 Å². The van der Waals surface area contributed by atoms with E-state index in [1.165, 1.54) is 87.6 Å². The number of benzene rings is 5. The molecule has 0 spiro atoms. The van der Waals surface area contributed by atoms with Gasteiger partial charge in [-0.1, -0.05) is 118 Å². The second kappa shape index (κ2) is 15.8. The van der Waals surface area contributed by atoms with E-state index in [0.717, 1.165) is 48.1 Å². The summed E-state index contributed by atoms with van der Waals surface area (Å²) < 4.78 is 13.0. The lowest BCUT2D eigenvalue weighted by Crippen LogP contribution is -2.36. The van der Waals surface area contributed by atoms with E-state index in [9.17, 15) is 0 Å². The first-order valence-electron chi connectivity index (χ1n) is 18.6. The maximum absolute atomic E-state index is 6.57. The standard InChI is InChI=1S/C47H48O2/c1-3-5-7-10-34-12-14-36(15-13-34)16-17-37-20-26-42-40(32-37)24-28-44-46(42)47-43-27-23-39(38-21-18-35(19-22-38)11-8-6-4-2)33-41(43)25-29-45(47)49-31-9-30-48-44/h12-15,18-27,29,32-33,44H,3-11,28,30-31H2,1-2H3/t44-/m0/s1. The molecular weight excluding hydrogens is 597 g/mol. The largest absolute Gasteiger partial charge is 0.493 e. The van der Waals surface area contributed by atoms with Crippen molar-refractivity contribution < 1.29 is 9.47 Å². The van der Waals surface area contributed by atoms with E-state index in [0.29, 0.717) is 13.2 Å². The van der Waals surface area contributed by atoms with Gasteiger partial charge in [0, 0.05) is 28.7 Å². The van der Waals surface area contributed by atoms with Crippen molar-refractivity contribution in [2.75, 3.05) is 13.2 Å². The maximum Gasteiger partial charge on any atom is 0.127 e. The molecule has 0 bridgehead atoms. The predicted octanol–water partition coefficient (Wildman–Crippen LogP) is 9.92. The van der Waals surface area contributed by atoms with Gasteiger partial charge in [-0.15, -0.1) is 0 Å². The average molecular weight is 645 g/mol. The van der Waals surface area contributed by atoms with Gasteiger partial charge in [0.25, 0.3) is 0 Å². The Morgan fingerprint density at radius 1 is 0.653 bits per heavy atom. The molecule has 0 aromatic heterocycles. The third-order valence-electron chi connectivity index (χ3n) is 10.1. The summed E-state index contributed by atoms with van der Waals surface area (Å²) in [5.74, 6) is 7.78. The molecule has 0 radical (unpaired) electrons. The summed E-state index contributed by atoms with van der Waals surface area (Å²) in [7, 11) is 0. The number of unbranched alkanes of at least 4 members (excludes halogenated alkanes) is 4. The van der Waals surface area contributed by atoms with Crippen LogP contribution in [0.15, 0.2) is 97.1 Å². The number of fused-ring (bicyclic) bond motifs is 6. The molecule has 2 aliphatic rings. The lowest BCUT2D eigenvalue weighted by Gasteiger charge is -2.25. The molecule has 0 amide bonds. The minimum atomic E-state index is -0.0220. The molecule has 2 nitrogen and oxygen atoms in total. The highest BCUT2D eigenvalue weighted by molar-refractivity contribution is 5.99. The molecule has 1 heterocycles. The Hall–Kier alpha value is -4.58. The van der Waals surface area contributed by atoms with Crippen molar-refractivity contribution in [2.24, 2.45) is 0 Å². The summed E-state index contributed by atoms with van der Waals surface area (Å²) in [4.78, 5) is 0. The SMILES string of the molecule is CCCCCc1ccc(C#Cc2ccc3c(c2)=CC[C@@H]2OCCCOc4ccc5cc(-c6ccc(CCCCC)cc6)ccc5c4C=32)cc1. The molecule has 248 valence electrons. The third kappa shape index (κ3) is 7.69. The summed E-state index contributed by atoms with van der Waals surface area (Å²) in [5, 5.41) is 4.84. The Balaban J connectivity index is 1.24. The lowest BCUT2D eigenvalue weighted by molar-refractivity contribution is 0.0869. The molecule has 0 saturated carbocycles. The van der Waals surface area contributed by atoms with Crippen molar-refractivity contribution >= 4 is 22.4 Å². The van der Waals surface area contributed by atoms with Gasteiger partial charge in [-0.2, -0.15) is 0 Å². The van der Waals surface area contributed by atoms with E-state index in [1.54, 1.807) is 0 Å². The van der Waals surface area contributed by atoms with Crippen LogP contribution in [0.5, 0.6) is 5.75 Å². The highest BCUT2D eigenvalue weighted by Gasteiger charge is 2.26. The van der Waals surface area contributed by atoms with Crippen molar-refractivity contribution in [2.45, 2.75) is 84.2 Å². The number of hydrogen-bond donors (Lipinski definition) is 0. The molecule has 0 saturated heterocycles. The third-order valence-corrected chi connectivity index (χ3v) is 10.1. The molecule has 5 aromatic rings. The Bertz CT molecular complexity index is 2090. The molecule has 1 aliphatic heterocycles. The van der Waals surface area contributed by atoms with Crippen LogP contribution >= 0.6 is 0 Å².